The number of aromatic nitrogens is 1. The fourth-order valence-corrected chi connectivity index (χ4v) is 1.53. The van der Waals surface area contributed by atoms with Gasteiger partial charge in [0.25, 0.3) is 0 Å². The van der Waals surface area contributed by atoms with Crippen LogP contribution in [-0.2, 0) is 4.74 Å². The van der Waals surface area contributed by atoms with Gasteiger partial charge in [-0.25, -0.2) is 0 Å². The Hall–Kier alpha value is -1.48. The summed E-state index contributed by atoms with van der Waals surface area (Å²) in [7, 11) is 0. The zero-order valence-electron chi connectivity index (χ0n) is 7.69. The van der Waals surface area contributed by atoms with E-state index in [1.165, 1.54) is 0 Å². The Labute approximate surface area is 81.6 Å². The van der Waals surface area contributed by atoms with E-state index in [4.69, 9.17) is 9.47 Å². The van der Waals surface area contributed by atoms with E-state index in [2.05, 4.69) is 4.98 Å². The molecular formula is C11H11NO2. The first kappa shape index (κ1) is 7.88. The molecule has 0 saturated carbocycles. The van der Waals surface area contributed by atoms with Crippen molar-refractivity contribution in [2.24, 2.45) is 0 Å². The second-order valence-electron chi connectivity index (χ2n) is 3.46. The van der Waals surface area contributed by atoms with Crippen LogP contribution in [0, 0.1) is 0 Å². The summed E-state index contributed by atoms with van der Waals surface area (Å²) in [6, 6.07) is 8.04. The molecule has 1 fully saturated rings. The van der Waals surface area contributed by atoms with Crippen LogP contribution >= 0.6 is 0 Å². The number of fused-ring (bicyclic) bond motifs is 1. The van der Waals surface area contributed by atoms with E-state index in [1.54, 1.807) is 0 Å². The zero-order valence-corrected chi connectivity index (χ0v) is 7.69. The summed E-state index contributed by atoms with van der Waals surface area (Å²) in [5, 5.41) is 1.13. The molecular weight excluding hydrogens is 178 g/mol. The monoisotopic (exact) mass is 189 g/mol. The standard InChI is InChI=1S/C11H11NO2/c1-2-10-9(4-5-12-10)11(3-1)14-7-8-6-13-8/h1-5,8,12H,6-7H2/t8-/m0/s1. The maximum atomic E-state index is 5.66. The van der Waals surface area contributed by atoms with Crippen molar-refractivity contribution in [3.63, 3.8) is 0 Å². The first-order valence-corrected chi connectivity index (χ1v) is 4.74. The molecule has 0 amide bonds. The molecule has 14 heavy (non-hydrogen) atoms. The third kappa shape index (κ3) is 1.36. The zero-order chi connectivity index (χ0) is 9.38. The third-order valence-electron chi connectivity index (χ3n) is 2.38. The fourth-order valence-electron chi connectivity index (χ4n) is 1.53. The van der Waals surface area contributed by atoms with E-state index in [1.807, 2.05) is 30.5 Å². The number of epoxide rings is 1. The van der Waals surface area contributed by atoms with Crippen LogP contribution in [0.3, 0.4) is 0 Å². The summed E-state index contributed by atoms with van der Waals surface area (Å²) in [6.45, 7) is 1.49. The number of aromatic amines is 1. The maximum Gasteiger partial charge on any atom is 0.128 e. The highest BCUT2D eigenvalue weighted by Crippen LogP contribution is 2.25. The second kappa shape index (κ2) is 3.03. The third-order valence-corrected chi connectivity index (χ3v) is 2.38. The summed E-state index contributed by atoms with van der Waals surface area (Å²) in [5.74, 6) is 0.930. The number of hydrogen-bond acceptors (Lipinski definition) is 2. The topological polar surface area (TPSA) is 37.5 Å². The summed E-state index contributed by atoms with van der Waals surface area (Å²) in [4.78, 5) is 3.15. The minimum atomic E-state index is 0.309. The van der Waals surface area contributed by atoms with Crippen molar-refractivity contribution in [3.8, 4) is 5.75 Å². The molecule has 3 rings (SSSR count). The molecule has 72 valence electrons. The van der Waals surface area contributed by atoms with Crippen molar-refractivity contribution in [3.05, 3.63) is 30.5 Å². The van der Waals surface area contributed by atoms with Gasteiger partial charge in [0.1, 0.15) is 18.5 Å². The predicted molar refractivity (Wildman–Crippen MR) is 53.5 cm³/mol. The van der Waals surface area contributed by atoms with E-state index < -0.39 is 0 Å². The molecule has 0 unspecified atom stereocenters. The number of nitrogens with one attached hydrogen (secondary N) is 1. The molecule has 0 radical (unpaired) electrons. The number of H-pyrrole nitrogens is 1. The summed E-state index contributed by atoms with van der Waals surface area (Å²) < 4.78 is 10.7. The van der Waals surface area contributed by atoms with Crippen LogP contribution in [0.5, 0.6) is 5.75 Å². The largest absolute Gasteiger partial charge is 0.490 e. The maximum absolute atomic E-state index is 5.66. The van der Waals surface area contributed by atoms with Crippen molar-refractivity contribution in [1.82, 2.24) is 4.98 Å². The van der Waals surface area contributed by atoms with Gasteiger partial charge in [-0.05, 0) is 18.2 Å². The quantitative estimate of drug-likeness (QED) is 0.749. The SMILES string of the molecule is c1cc(OC[C@@H]2CO2)c2cc[nH]c2c1. The lowest BCUT2D eigenvalue weighted by Crippen LogP contribution is -2.03. The van der Waals surface area contributed by atoms with Gasteiger partial charge in [-0.2, -0.15) is 0 Å². The normalized spacial score (nSPS) is 19.9. The van der Waals surface area contributed by atoms with Gasteiger partial charge in [-0.3, -0.25) is 0 Å². The van der Waals surface area contributed by atoms with Gasteiger partial charge in [0.15, 0.2) is 0 Å². The van der Waals surface area contributed by atoms with Gasteiger partial charge in [0, 0.05) is 17.1 Å². The molecule has 1 N–H and O–H groups in total. The summed E-state index contributed by atoms with van der Waals surface area (Å²) >= 11 is 0. The molecule has 2 heterocycles. The number of ether oxygens (including phenoxy) is 2. The number of benzene rings is 1. The Bertz CT molecular complexity index is 445. The van der Waals surface area contributed by atoms with Crippen LogP contribution in [-0.4, -0.2) is 24.3 Å². The van der Waals surface area contributed by atoms with Crippen LogP contribution in [0.4, 0.5) is 0 Å². The lowest BCUT2D eigenvalue weighted by molar-refractivity contribution is 0.265. The van der Waals surface area contributed by atoms with Crippen molar-refractivity contribution < 1.29 is 9.47 Å². The summed E-state index contributed by atoms with van der Waals surface area (Å²) in [5.41, 5.74) is 1.11. The molecule has 3 nitrogen and oxygen atoms in total. The van der Waals surface area contributed by atoms with Gasteiger partial charge < -0.3 is 14.5 Å². The van der Waals surface area contributed by atoms with Crippen molar-refractivity contribution in [2.45, 2.75) is 6.10 Å². The Balaban J connectivity index is 1.89. The lowest BCUT2D eigenvalue weighted by atomic mass is 10.2. The highest BCUT2D eigenvalue weighted by molar-refractivity contribution is 5.85. The lowest BCUT2D eigenvalue weighted by Gasteiger charge is -2.04. The van der Waals surface area contributed by atoms with Crippen LogP contribution in [0.25, 0.3) is 10.9 Å². The van der Waals surface area contributed by atoms with Crippen LogP contribution in [0.2, 0.25) is 0 Å². The molecule has 1 aromatic heterocycles. The van der Waals surface area contributed by atoms with Crippen molar-refractivity contribution >= 4 is 10.9 Å². The molecule has 1 aliphatic rings. The molecule has 1 aromatic carbocycles. The van der Waals surface area contributed by atoms with E-state index in [9.17, 15) is 0 Å². The predicted octanol–water partition coefficient (Wildman–Crippen LogP) is 1.95. The fraction of sp³-hybridized carbons (Fsp3) is 0.273. The van der Waals surface area contributed by atoms with Gasteiger partial charge >= 0.3 is 0 Å². The molecule has 0 aliphatic carbocycles. The van der Waals surface area contributed by atoms with Crippen LogP contribution in [0.15, 0.2) is 30.5 Å². The van der Waals surface area contributed by atoms with Gasteiger partial charge in [-0.15, -0.1) is 0 Å². The van der Waals surface area contributed by atoms with E-state index in [0.717, 1.165) is 23.3 Å². The Morgan fingerprint density at radius 1 is 1.43 bits per heavy atom. The molecule has 1 atom stereocenters. The van der Waals surface area contributed by atoms with Crippen LogP contribution < -0.4 is 4.74 Å². The highest BCUT2D eigenvalue weighted by atomic mass is 16.6. The van der Waals surface area contributed by atoms with E-state index in [0.29, 0.717) is 12.7 Å². The van der Waals surface area contributed by atoms with Gasteiger partial charge in [0.05, 0.1) is 6.61 Å². The van der Waals surface area contributed by atoms with Crippen molar-refractivity contribution in [1.29, 1.82) is 0 Å². The Morgan fingerprint density at radius 3 is 3.21 bits per heavy atom. The molecule has 2 aromatic rings. The second-order valence-corrected chi connectivity index (χ2v) is 3.46. The minimum absolute atomic E-state index is 0.309. The Kier molecular flexibility index (Phi) is 1.70. The Morgan fingerprint density at radius 2 is 2.36 bits per heavy atom. The molecule has 0 spiro atoms. The highest BCUT2D eigenvalue weighted by Gasteiger charge is 2.23. The molecule has 1 saturated heterocycles. The van der Waals surface area contributed by atoms with E-state index >= 15 is 0 Å². The first-order valence-electron chi connectivity index (χ1n) is 4.74. The minimum Gasteiger partial charge on any atom is -0.490 e. The van der Waals surface area contributed by atoms with Crippen LogP contribution in [0.1, 0.15) is 0 Å². The first-order chi connectivity index (χ1) is 6.93. The van der Waals surface area contributed by atoms with Gasteiger partial charge in [0.2, 0.25) is 0 Å². The van der Waals surface area contributed by atoms with Crippen molar-refractivity contribution in [2.75, 3.05) is 13.2 Å². The average Bonchev–Trinajstić information content (AvgIpc) is 2.91. The van der Waals surface area contributed by atoms with Gasteiger partial charge in [-0.1, -0.05) is 6.07 Å². The molecule has 1 aliphatic heterocycles. The summed E-state index contributed by atoms with van der Waals surface area (Å²) in [6.07, 6.45) is 2.23. The molecule has 0 bridgehead atoms. The average molecular weight is 189 g/mol. The molecule has 3 heteroatoms. The smallest absolute Gasteiger partial charge is 0.128 e. The number of rotatable bonds is 3. The number of hydrogen-bond donors (Lipinski definition) is 1. The van der Waals surface area contributed by atoms with E-state index in [-0.39, 0.29) is 0 Å².